The highest BCUT2D eigenvalue weighted by atomic mass is 16.5. The van der Waals surface area contributed by atoms with Crippen molar-refractivity contribution in [3.8, 4) is 0 Å². The lowest BCUT2D eigenvalue weighted by molar-refractivity contribution is -0.885. The SMILES string of the molecule is O=C1c2ccccc2CCCN1CC[N+]1([O-])CCC(n2c(=O)oc3ccccc32)CC1. The lowest BCUT2D eigenvalue weighted by Gasteiger charge is -2.48. The summed E-state index contributed by atoms with van der Waals surface area (Å²) >= 11 is 0. The Morgan fingerprint density at radius 1 is 1.03 bits per heavy atom. The Balaban J connectivity index is 1.24. The van der Waals surface area contributed by atoms with E-state index in [0.717, 1.165) is 29.5 Å². The Bertz CT molecular complexity index is 1160. The molecule has 3 heterocycles. The van der Waals surface area contributed by atoms with Gasteiger partial charge in [0.1, 0.15) is 0 Å². The van der Waals surface area contributed by atoms with E-state index in [-0.39, 0.29) is 22.4 Å². The van der Waals surface area contributed by atoms with Crippen LogP contribution < -0.4 is 5.76 Å². The number of aromatic nitrogens is 1. The van der Waals surface area contributed by atoms with Gasteiger partial charge in [-0.3, -0.25) is 9.36 Å². The molecule has 162 valence electrons. The first-order valence-electron chi connectivity index (χ1n) is 11.1. The van der Waals surface area contributed by atoms with E-state index in [1.54, 1.807) is 10.6 Å². The number of hydrogen-bond donors (Lipinski definition) is 0. The number of quaternary nitrogens is 1. The molecule has 0 unspecified atom stereocenters. The van der Waals surface area contributed by atoms with E-state index in [2.05, 4.69) is 0 Å². The average Bonchev–Trinajstić information content (AvgIpc) is 3.03. The smallest absolute Gasteiger partial charge is 0.420 e. The van der Waals surface area contributed by atoms with Crippen molar-refractivity contribution >= 4 is 17.0 Å². The number of likely N-dealkylation sites (tertiary alicyclic amines) is 1. The number of rotatable bonds is 4. The van der Waals surface area contributed by atoms with E-state index >= 15 is 0 Å². The summed E-state index contributed by atoms with van der Waals surface area (Å²) in [5, 5.41) is 13.4. The van der Waals surface area contributed by atoms with Gasteiger partial charge in [0.25, 0.3) is 5.91 Å². The lowest BCUT2D eigenvalue weighted by atomic mass is 10.0. The maximum absolute atomic E-state index is 13.4. The highest BCUT2D eigenvalue weighted by Gasteiger charge is 2.31. The van der Waals surface area contributed by atoms with Gasteiger partial charge in [0.15, 0.2) is 5.58 Å². The number of piperidine rings is 1. The third-order valence-corrected chi connectivity index (χ3v) is 6.81. The van der Waals surface area contributed by atoms with Gasteiger partial charge < -0.3 is 19.2 Å². The molecule has 0 atom stereocenters. The second-order valence-corrected chi connectivity index (χ2v) is 8.72. The molecule has 0 aliphatic carbocycles. The van der Waals surface area contributed by atoms with Crippen LogP contribution in [0.2, 0.25) is 0 Å². The maximum atomic E-state index is 13.4. The molecule has 1 amide bonds. The zero-order valence-electron chi connectivity index (χ0n) is 17.5. The van der Waals surface area contributed by atoms with Crippen molar-refractivity contribution in [3.05, 3.63) is 75.4 Å². The molecule has 31 heavy (non-hydrogen) atoms. The molecule has 0 N–H and O–H groups in total. The van der Waals surface area contributed by atoms with E-state index in [1.807, 2.05) is 47.4 Å². The van der Waals surface area contributed by atoms with Crippen molar-refractivity contribution in [3.63, 3.8) is 0 Å². The predicted octanol–water partition coefficient (Wildman–Crippen LogP) is 3.33. The minimum atomic E-state index is -0.356. The van der Waals surface area contributed by atoms with Crippen molar-refractivity contribution in [2.75, 3.05) is 32.7 Å². The van der Waals surface area contributed by atoms with Gasteiger partial charge >= 0.3 is 5.76 Å². The topological polar surface area (TPSA) is 78.5 Å². The third kappa shape index (κ3) is 3.79. The molecule has 3 aromatic rings. The molecule has 2 aliphatic rings. The zero-order valence-corrected chi connectivity index (χ0v) is 17.5. The van der Waals surface area contributed by atoms with Gasteiger partial charge in [0.05, 0.1) is 37.7 Å². The third-order valence-electron chi connectivity index (χ3n) is 6.81. The Kier molecular flexibility index (Phi) is 5.16. The fourth-order valence-corrected chi connectivity index (χ4v) is 5.03. The summed E-state index contributed by atoms with van der Waals surface area (Å²) in [6.45, 7) is 2.43. The summed E-state index contributed by atoms with van der Waals surface area (Å²) in [4.78, 5) is 27.2. The first-order valence-corrected chi connectivity index (χ1v) is 11.1. The second-order valence-electron chi connectivity index (χ2n) is 8.72. The number of hydroxylamine groups is 3. The molecule has 2 aliphatic heterocycles. The van der Waals surface area contributed by atoms with E-state index < -0.39 is 0 Å². The van der Waals surface area contributed by atoms with E-state index in [4.69, 9.17) is 4.42 Å². The minimum absolute atomic E-state index is 0.0250. The highest BCUT2D eigenvalue weighted by molar-refractivity contribution is 5.96. The molecule has 0 spiro atoms. The fraction of sp³-hybridized carbons (Fsp3) is 0.417. The number of aryl methyl sites for hydroxylation is 1. The van der Waals surface area contributed by atoms with Crippen LogP contribution in [-0.4, -0.2) is 52.7 Å². The predicted molar refractivity (Wildman–Crippen MR) is 118 cm³/mol. The molecule has 1 fully saturated rings. The summed E-state index contributed by atoms with van der Waals surface area (Å²) in [7, 11) is 0. The highest BCUT2D eigenvalue weighted by Crippen LogP contribution is 2.29. The van der Waals surface area contributed by atoms with Crippen molar-refractivity contribution in [2.45, 2.75) is 31.7 Å². The fourth-order valence-electron chi connectivity index (χ4n) is 5.03. The van der Waals surface area contributed by atoms with Gasteiger partial charge in [-0.15, -0.1) is 0 Å². The molecule has 7 heteroatoms. The lowest BCUT2D eigenvalue weighted by Crippen LogP contribution is -2.52. The molecule has 7 nitrogen and oxygen atoms in total. The standard InChI is InChI=1S/C24H27N3O4/c28-23-20-8-2-1-6-18(20)7-5-13-25(23)14-17-27(30)15-11-19(12-16-27)26-21-9-3-4-10-22(21)31-24(26)29/h1-4,6,8-10,19H,5,7,11-17H2. The number of fused-ring (bicyclic) bond motifs is 2. The largest absolute Gasteiger partial charge is 0.633 e. The van der Waals surface area contributed by atoms with Gasteiger partial charge in [-0.1, -0.05) is 30.3 Å². The first-order chi connectivity index (χ1) is 15.0. The summed E-state index contributed by atoms with van der Waals surface area (Å²) in [5.74, 6) is -0.322. The van der Waals surface area contributed by atoms with Gasteiger partial charge in [0.2, 0.25) is 0 Å². The van der Waals surface area contributed by atoms with Crippen LogP contribution >= 0.6 is 0 Å². The average molecular weight is 421 g/mol. The van der Waals surface area contributed by atoms with Crippen LogP contribution in [0.4, 0.5) is 0 Å². The number of hydrogen-bond acceptors (Lipinski definition) is 4. The molecule has 5 rings (SSSR count). The first kappa shape index (κ1) is 20.0. The summed E-state index contributed by atoms with van der Waals surface area (Å²) in [5.41, 5.74) is 3.24. The second kappa shape index (κ2) is 7.98. The quantitative estimate of drug-likeness (QED) is 0.478. The van der Waals surface area contributed by atoms with E-state index in [9.17, 15) is 14.8 Å². The molecule has 2 aromatic carbocycles. The minimum Gasteiger partial charge on any atom is -0.633 e. The van der Waals surface area contributed by atoms with Crippen molar-refractivity contribution in [1.82, 2.24) is 9.47 Å². The number of para-hydroxylation sites is 2. The molecule has 0 saturated carbocycles. The van der Waals surface area contributed by atoms with Crippen LogP contribution in [-0.2, 0) is 6.42 Å². The van der Waals surface area contributed by atoms with Crippen molar-refractivity contribution in [1.29, 1.82) is 0 Å². The number of oxazole rings is 1. The molecule has 0 bridgehead atoms. The Morgan fingerprint density at radius 3 is 2.61 bits per heavy atom. The number of carbonyl (C=O) groups is 1. The normalized spacial score (nSPS) is 24.2. The summed E-state index contributed by atoms with van der Waals surface area (Å²) < 4.78 is 6.75. The van der Waals surface area contributed by atoms with E-state index in [1.165, 1.54) is 0 Å². The molecule has 1 saturated heterocycles. The monoisotopic (exact) mass is 421 g/mol. The van der Waals surface area contributed by atoms with Crippen molar-refractivity contribution < 1.29 is 13.9 Å². The number of nitrogens with zero attached hydrogens (tertiary/aromatic N) is 3. The summed E-state index contributed by atoms with van der Waals surface area (Å²) in [6, 6.07) is 15.2. The van der Waals surface area contributed by atoms with Crippen LogP contribution in [0.1, 0.15) is 41.2 Å². The van der Waals surface area contributed by atoms with Crippen LogP contribution in [0.3, 0.4) is 0 Å². The molecular weight excluding hydrogens is 394 g/mol. The van der Waals surface area contributed by atoms with Gasteiger partial charge in [-0.05, 0) is 36.6 Å². The van der Waals surface area contributed by atoms with Crippen LogP contribution in [0, 0.1) is 5.21 Å². The number of benzene rings is 2. The van der Waals surface area contributed by atoms with Crippen LogP contribution in [0.5, 0.6) is 0 Å². The van der Waals surface area contributed by atoms with Gasteiger partial charge in [0, 0.05) is 24.9 Å². The zero-order chi connectivity index (χ0) is 21.4. The number of amides is 1. The Hall–Kier alpha value is -2.90. The molecule has 0 radical (unpaired) electrons. The van der Waals surface area contributed by atoms with Crippen molar-refractivity contribution in [2.24, 2.45) is 0 Å². The van der Waals surface area contributed by atoms with Crippen LogP contribution in [0.15, 0.2) is 57.7 Å². The van der Waals surface area contributed by atoms with E-state index in [0.29, 0.717) is 51.1 Å². The van der Waals surface area contributed by atoms with Gasteiger partial charge in [-0.2, -0.15) is 0 Å². The molecular formula is C24H27N3O4. The number of carbonyl (C=O) groups excluding carboxylic acids is 1. The summed E-state index contributed by atoms with van der Waals surface area (Å²) in [6.07, 6.45) is 3.07. The maximum Gasteiger partial charge on any atom is 0.420 e. The van der Waals surface area contributed by atoms with Crippen LogP contribution in [0.25, 0.3) is 11.1 Å². The molecule has 1 aromatic heterocycles. The Morgan fingerprint density at radius 2 is 1.77 bits per heavy atom. The van der Waals surface area contributed by atoms with Gasteiger partial charge in [-0.25, -0.2) is 4.79 Å². The Labute approximate surface area is 180 Å².